The van der Waals surface area contributed by atoms with Crippen molar-refractivity contribution in [3.63, 3.8) is 0 Å². The summed E-state index contributed by atoms with van der Waals surface area (Å²) in [5.41, 5.74) is 0.143. The number of carbonyl (C=O) groups is 2. The number of methoxy groups -OCH3 is 1. The van der Waals surface area contributed by atoms with Crippen LogP contribution in [0.3, 0.4) is 0 Å². The predicted octanol–water partition coefficient (Wildman–Crippen LogP) is 1.14. The van der Waals surface area contributed by atoms with Gasteiger partial charge in [-0.2, -0.15) is 5.10 Å². The van der Waals surface area contributed by atoms with Gasteiger partial charge in [0.15, 0.2) is 5.17 Å². The van der Waals surface area contributed by atoms with E-state index in [2.05, 4.69) is 20.3 Å². The number of phenols is 1. The molecule has 22 heavy (non-hydrogen) atoms. The number of carbonyl (C=O) groups excluding carboxylic acids is 2. The molecular formula is C13H10FN3O4S. The van der Waals surface area contributed by atoms with Gasteiger partial charge < -0.3 is 9.84 Å². The summed E-state index contributed by atoms with van der Waals surface area (Å²) in [4.78, 5) is 22.7. The molecule has 114 valence electrons. The molecule has 1 amide bonds. The Labute approximate surface area is 128 Å². The number of amides is 1. The van der Waals surface area contributed by atoms with Crippen LogP contribution in [-0.4, -0.2) is 35.5 Å². The number of benzene rings is 1. The van der Waals surface area contributed by atoms with Crippen molar-refractivity contribution in [2.24, 2.45) is 10.2 Å². The topological polar surface area (TPSA) is 100 Å². The number of rotatable bonds is 3. The van der Waals surface area contributed by atoms with Crippen molar-refractivity contribution in [2.75, 3.05) is 7.11 Å². The van der Waals surface area contributed by atoms with Gasteiger partial charge in [0.25, 0.3) is 5.91 Å². The fourth-order valence-corrected chi connectivity index (χ4v) is 2.15. The number of aromatic hydroxyl groups is 1. The summed E-state index contributed by atoms with van der Waals surface area (Å²) in [6.07, 6.45) is 2.17. The third kappa shape index (κ3) is 3.92. The number of esters is 1. The van der Waals surface area contributed by atoms with E-state index in [1.165, 1.54) is 13.2 Å². The molecule has 1 heterocycles. The molecule has 0 aliphatic carbocycles. The first kappa shape index (κ1) is 15.7. The van der Waals surface area contributed by atoms with E-state index >= 15 is 0 Å². The van der Waals surface area contributed by atoms with Crippen LogP contribution in [0.25, 0.3) is 0 Å². The average Bonchev–Trinajstić information content (AvgIpc) is 2.82. The smallest absolute Gasteiger partial charge is 0.331 e. The van der Waals surface area contributed by atoms with Crippen LogP contribution in [0.15, 0.2) is 39.4 Å². The number of nitrogens with one attached hydrogen (secondary N) is 1. The molecule has 1 aliphatic rings. The highest BCUT2D eigenvalue weighted by Crippen LogP contribution is 2.23. The highest BCUT2D eigenvalue weighted by atomic mass is 32.2. The van der Waals surface area contributed by atoms with Crippen molar-refractivity contribution in [3.8, 4) is 5.75 Å². The van der Waals surface area contributed by atoms with Crippen molar-refractivity contribution in [1.29, 1.82) is 0 Å². The molecule has 0 radical (unpaired) electrons. The predicted molar refractivity (Wildman–Crippen MR) is 78.9 cm³/mol. The third-order valence-electron chi connectivity index (χ3n) is 2.44. The van der Waals surface area contributed by atoms with Crippen LogP contribution in [0, 0.1) is 5.82 Å². The van der Waals surface area contributed by atoms with Gasteiger partial charge >= 0.3 is 5.97 Å². The minimum atomic E-state index is -0.660. The normalized spacial score (nSPS) is 18.2. The first-order chi connectivity index (χ1) is 10.5. The summed E-state index contributed by atoms with van der Waals surface area (Å²) in [5.74, 6) is -1.84. The number of ether oxygens (including phenoxy) is 1. The van der Waals surface area contributed by atoms with Gasteiger partial charge in [0.1, 0.15) is 11.6 Å². The molecule has 1 aliphatic heterocycles. The molecular weight excluding hydrogens is 313 g/mol. The Bertz CT molecular complexity index is 715. The van der Waals surface area contributed by atoms with E-state index in [4.69, 9.17) is 0 Å². The van der Waals surface area contributed by atoms with Crippen LogP contribution in [0.4, 0.5) is 4.39 Å². The first-order valence-electron chi connectivity index (χ1n) is 5.88. The van der Waals surface area contributed by atoms with E-state index in [1.54, 1.807) is 0 Å². The zero-order valence-corrected chi connectivity index (χ0v) is 12.1. The molecule has 0 bridgehead atoms. The standard InChI is InChI=1S/C13H10FN3O4S/c1-21-11(19)5-10-12(20)16-13(22-10)17-15-6-7-4-8(14)2-3-9(7)18/h2-6,18H,1H3,(H,16,17,20)/b10-5+,15-6?. The molecule has 1 aromatic carbocycles. The van der Waals surface area contributed by atoms with E-state index in [1.807, 2.05) is 0 Å². The van der Waals surface area contributed by atoms with Crippen molar-refractivity contribution in [3.05, 3.63) is 40.6 Å². The molecule has 0 unspecified atom stereocenters. The molecule has 0 saturated carbocycles. The molecule has 9 heteroatoms. The van der Waals surface area contributed by atoms with Gasteiger partial charge in [-0.1, -0.05) is 0 Å². The summed E-state index contributed by atoms with van der Waals surface area (Å²) >= 11 is 0.904. The van der Waals surface area contributed by atoms with E-state index in [9.17, 15) is 19.1 Å². The summed E-state index contributed by atoms with van der Waals surface area (Å²) in [5, 5.41) is 19.4. The van der Waals surface area contributed by atoms with Crippen molar-refractivity contribution < 1.29 is 23.8 Å². The van der Waals surface area contributed by atoms with Crippen molar-refractivity contribution in [1.82, 2.24) is 5.32 Å². The lowest BCUT2D eigenvalue weighted by Crippen LogP contribution is -2.19. The van der Waals surface area contributed by atoms with Crippen LogP contribution >= 0.6 is 11.8 Å². The number of halogens is 1. The minimum Gasteiger partial charge on any atom is -0.507 e. The number of thioether (sulfide) groups is 1. The highest BCUT2D eigenvalue weighted by Gasteiger charge is 2.24. The Morgan fingerprint density at radius 3 is 3.00 bits per heavy atom. The monoisotopic (exact) mass is 323 g/mol. The SMILES string of the molecule is COC(=O)/C=C1/S/C(=N\N=Cc2cc(F)ccc2O)NC1=O. The van der Waals surface area contributed by atoms with E-state index < -0.39 is 17.7 Å². The quantitative estimate of drug-likeness (QED) is 0.376. The van der Waals surface area contributed by atoms with E-state index in [-0.39, 0.29) is 21.4 Å². The summed E-state index contributed by atoms with van der Waals surface area (Å²) in [6, 6.07) is 3.38. The van der Waals surface area contributed by atoms with Gasteiger partial charge in [-0.15, -0.1) is 5.10 Å². The number of phenolic OH excluding ortho intramolecular Hbond substituents is 1. The zero-order valence-electron chi connectivity index (χ0n) is 11.2. The second kappa shape index (κ2) is 6.85. The molecule has 2 N–H and O–H groups in total. The van der Waals surface area contributed by atoms with Crippen molar-refractivity contribution in [2.45, 2.75) is 0 Å². The lowest BCUT2D eigenvalue weighted by atomic mass is 10.2. The van der Waals surface area contributed by atoms with Crippen LogP contribution < -0.4 is 5.32 Å². The molecule has 0 aromatic heterocycles. The molecule has 0 atom stereocenters. The van der Waals surface area contributed by atoms with Crippen LogP contribution in [0.5, 0.6) is 5.75 Å². The van der Waals surface area contributed by atoms with Crippen LogP contribution in [0.1, 0.15) is 5.56 Å². The number of nitrogens with zero attached hydrogens (tertiary/aromatic N) is 2. The van der Waals surface area contributed by atoms with Gasteiger partial charge in [-0.05, 0) is 30.0 Å². The Balaban J connectivity index is 2.10. The molecule has 1 saturated heterocycles. The largest absolute Gasteiger partial charge is 0.507 e. The van der Waals surface area contributed by atoms with Gasteiger partial charge in [0.05, 0.1) is 18.2 Å². The molecule has 0 spiro atoms. The lowest BCUT2D eigenvalue weighted by molar-refractivity contribution is -0.135. The maximum absolute atomic E-state index is 13.0. The van der Waals surface area contributed by atoms with E-state index in [0.29, 0.717) is 0 Å². The Morgan fingerprint density at radius 2 is 2.27 bits per heavy atom. The van der Waals surface area contributed by atoms with E-state index in [0.717, 1.165) is 36.2 Å². The molecule has 1 aromatic rings. The van der Waals surface area contributed by atoms with Gasteiger partial charge in [-0.25, -0.2) is 9.18 Å². The fourth-order valence-electron chi connectivity index (χ4n) is 1.41. The van der Waals surface area contributed by atoms with Gasteiger partial charge in [0, 0.05) is 11.6 Å². The third-order valence-corrected chi connectivity index (χ3v) is 3.34. The van der Waals surface area contributed by atoms with Crippen molar-refractivity contribution >= 4 is 35.0 Å². The second-order valence-corrected chi connectivity index (χ2v) is 4.97. The maximum atomic E-state index is 13.0. The van der Waals surface area contributed by atoms with Gasteiger partial charge in [0.2, 0.25) is 0 Å². The molecule has 1 fully saturated rings. The van der Waals surface area contributed by atoms with Crippen LogP contribution in [-0.2, 0) is 14.3 Å². The minimum absolute atomic E-state index is 0.120. The average molecular weight is 323 g/mol. The highest BCUT2D eigenvalue weighted by molar-refractivity contribution is 8.18. The molecule has 7 nitrogen and oxygen atoms in total. The number of amidine groups is 1. The Hall–Kier alpha value is -2.68. The second-order valence-electron chi connectivity index (χ2n) is 3.94. The summed E-state index contributed by atoms with van der Waals surface area (Å²) in [6.45, 7) is 0. The Morgan fingerprint density at radius 1 is 1.50 bits per heavy atom. The van der Waals surface area contributed by atoms with Gasteiger partial charge in [-0.3, -0.25) is 10.1 Å². The number of hydrogen-bond acceptors (Lipinski definition) is 7. The molecule has 2 rings (SSSR count). The fraction of sp³-hybridized carbons (Fsp3) is 0.0769. The first-order valence-corrected chi connectivity index (χ1v) is 6.69. The lowest BCUT2D eigenvalue weighted by Gasteiger charge is -1.96. The summed E-state index contributed by atoms with van der Waals surface area (Å²) < 4.78 is 17.4. The Kier molecular flexibility index (Phi) is 4.89. The van der Waals surface area contributed by atoms with Crippen LogP contribution in [0.2, 0.25) is 0 Å². The summed E-state index contributed by atoms with van der Waals surface area (Å²) in [7, 11) is 1.20. The maximum Gasteiger partial charge on any atom is 0.331 e. The zero-order chi connectivity index (χ0) is 16.1. The number of hydrogen-bond donors (Lipinski definition) is 2.